The molecule has 0 N–H and O–H groups in total. The van der Waals surface area contributed by atoms with E-state index in [9.17, 15) is 0 Å². The van der Waals surface area contributed by atoms with Gasteiger partial charge in [-0.3, -0.25) is 0 Å². The molecular weight excluding hydrogens is 168 g/mol. The molecule has 14 heavy (non-hydrogen) atoms. The smallest absolute Gasteiger partial charge is 0.0380 e. The maximum absolute atomic E-state index is 2.59. The third kappa shape index (κ3) is 1.51. The summed E-state index contributed by atoms with van der Waals surface area (Å²) >= 11 is 0. The molecule has 80 valence electrons. The quantitative estimate of drug-likeness (QED) is 0.503. The van der Waals surface area contributed by atoms with Crippen molar-refractivity contribution in [3.05, 3.63) is 6.42 Å². The Kier molecular flexibility index (Phi) is 2.55. The molecule has 0 spiro atoms. The van der Waals surface area contributed by atoms with Crippen LogP contribution in [0.3, 0.4) is 0 Å². The average molecular weight is 191 g/mol. The van der Waals surface area contributed by atoms with Crippen molar-refractivity contribution in [1.82, 2.24) is 0 Å². The Balaban J connectivity index is 1.79. The first-order valence-electron chi connectivity index (χ1n) is 6.77. The molecule has 3 rings (SSSR count). The Morgan fingerprint density at radius 2 is 1.43 bits per heavy atom. The number of rotatable bonds is 0. The molecule has 0 aliphatic heterocycles. The lowest BCUT2D eigenvalue weighted by molar-refractivity contribution is 0.147. The predicted molar refractivity (Wildman–Crippen MR) is 59.8 cm³/mol. The molecule has 0 heteroatoms. The van der Waals surface area contributed by atoms with Crippen LogP contribution in [0.1, 0.15) is 57.8 Å². The van der Waals surface area contributed by atoms with Gasteiger partial charge in [-0.2, -0.15) is 12.8 Å². The van der Waals surface area contributed by atoms with Crippen LogP contribution in [-0.2, 0) is 0 Å². The van der Waals surface area contributed by atoms with Crippen LogP contribution < -0.4 is 0 Å². The van der Waals surface area contributed by atoms with Crippen molar-refractivity contribution in [3.8, 4) is 0 Å². The lowest BCUT2D eigenvalue weighted by Crippen LogP contribution is -2.26. The topological polar surface area (TPSA) is 0 Å². The molecule has 0 nitrogen and oxygen atoms in total. The summed E-state index contributed by atoms with van der Waals surface area (Å²) in [5.74, 6) is 4.48. The van der Waals surface area contributed by atoms with E-state index in [0.717, 1.165) is 23.7 Å². The minimum absolute atomic E-state index is 1.10. The Labute approximate surface area is 88.5 Å². The van der Waals surface area contributed by atoms with E-state index in [0.29, 0.717) is 0 Å². The van der Waals surface area contributed by atoms with Gasteiger partial charge in [0, 0.05) is 0 Å². The van der Waals surface area contributed by atoms with Crippen molar-refractivity contribution in [1.29, 1.82) is 0 Å². The first kappa shape index (κ1) is 9.24. The first-order chi connectivity index (χ1) is 6.95. The van der Waals surface area contributed by atoms with E-state index >= 15 is 0 Å². The Bertz CT molecular complexity index is 196. The first-order valence-corrected chi connectivity index (χ1v) is 6.77. The Morgan fingerprint density at radius 3 is 2.43 bits per heavy atom. The summed E-state index contributed by atoms with van der Waals surface area (Å²) in [7, 11) is 0. The van der Waals surface area contributed by atoms with Crippen LogP contribution >= 0.6 is 0 Å². The molecule has 0 aromatic rings. The second-order valence-corrected chi connectivity index (χ2v) is 5.82. The molecule has 4 unspecified atom stereocenters. The third-order valence-electron chi connectivity index (χ3n) is 5.18. The van der Waals surface area contributed by atoms with E-state index in [2.05, 4.69) is 6.42 Å². The van der Waals surface area contributed by atoms with Gasteiger partial charge in [-0.05, 0) is 11.8 Å². The lowest BCUT2D eigenvalue weighted by atomic mass is 9.70. The summed E-state index contributed by atoms with van der Waals surface area (Å²) in [6, 6.07) is 0. The van der Waals surface area contributed by atoms with Gasteiger partial charge in [0.05, 0.1) is 0 Å². The highest BCUT2D eigenvalue weighted by molar-refractivity contribution is 4.96. The maximum Gasteiger partial charge on any atom is -0.0380 e. The van der Waals surface area contributed by atoms with Crippen LogP contribution in [0.15, 0.2) is 0 Å². The van der Waals surface area contributed by atoms with Gasteiger partial charge in [-0.15, -0.1) is 0 Å². The maximum atomic E-state index is 2.59. The summed E-state index contributed by atoms with van der Waals surface area (Å²) in [6.07, 6.45) is 16.4. The molecular formula is C14H23-. The van der Waals surface area contributed by atoms with Gasteiger partial charge >= 0.3 is 0 Å². The number of hydrogen-bond donors (Lipinski definition) is 0. The van der Waals surface area contributed by atoms with Gasteiger partial charge < -0.3 is 6.42 Å². The van der Waals surface area contributed by atoms with E-state index in [-0.39, 0.29) is 0 Å². The lowest BCUT2D eigenvalue weighted by Gasteiger charge is -2.37. The van der Waals surface area contributed by atoms with Crippen molar-refractivity contribution in [3.63, 3.8) is 0 Å². The van der Waals surface area contributed by atoms with Gasteiger partial charge in [0.15, 0.2) is 0 Å². The number of hydrogen-bond acceptors (Lipinski definition) is 0. The van der Waals surface area contributed by atoms with Crippen LogP contribution in [0.2, 0.25) is 0 Å². The highest BCUT2D eigenvalue weighted by Crippen LogP contribution is 2.50. The van der Waals surface area contributed by atoms with E-state index in [4.69, 9.17) is 0 Å². The third-order valence-corrected chi connectivity index (χ3v) is 5.18. The minimum atomic E-state index is 1.10. The molecule has 3 aliphatic rings. The van der Waals surface area contributed by atoms with Crippen LogP contribution in [0.25, 0.3) is 0 Å². The second-order valence-electron chi connectivity index (χ2n) is 5.82. The standard InChI is InChI=1S/C14H23/c1-2-9-13-11(5-1)6-3-7-12-8-4-10-14(12)13/h4,11-14H,1-3,5-10H2/q-1. The summed E-state index contributed by atoms with van der Waals surface area (Å²) in [4.78, 5) is 0. The van der Waals surface area contributed by atoms with Gasteiger partial charge in [0.2, 0.25) is 0 Å². The molecule has 0 aromatic heterocycles. The molecule has 0 bridgehead atoms. The summed E-state index contributed by atoms with van der Waals surface area (Å²) in [6.45, 7) is 0. The molecule has 0 amide bonds. The largest absolute Gasteiger partial charge is 0.328 e. The Hall–Kier alpha value is 0. The monoisotopic (exact) mass is 191 g/mol. The summed E-state index contributed by atoms with van der Waals surface area (Å²) < 4.78 is 0. The fourth-order valence-corrected chi connectivity index (χ4v) is 4.53. The molecule has 3 saturated carbocycles. The van der Waals surface area contributed by atoms with E-state index < -0.39 is 0 Å². The SMILES string of the molecule is [CH-]1CC2CCCC3CCCCC3C2C1. The molecule has 0 radical (unpaired) electrons. The fourth-order valence-electron chi connectivity index (χ4n) is 4.53. The van der Waals surface area contributed by atoms with Crippen LogP contribution in [-0.4, -0.2) is 0 Å². The van der Waals surface area contributed by atoms with Crippen molar-refractivity contribution >= 4 is 0 Å². The van der Waals surface area contributed by atoms with E-state index in [1.165, 1.54) is 32.1 Å². The predicted octanol–water partition coefficient (Wildman–Crippen LogP) is 4.21. The zero-order valence-electron chi connectivity index (χ0n) is 9.25. The highest BCUT2D eigenvalue weighted by Gasteiger charge is 2.36. The van der Waals surface area contributed by atoms with E-state index in [1.807, 2.05) is 0 Å². The van der Waals surface area contributed by atoms with Crippen LogP contribution in [0.4, 0.5) is 0 Å². The molecule has 3 aliphatic carbocycles. The van der Waals surface area contributed by atoms with Gasteiger partial charge in [-0.25, -0.2) is 0 Å². The van der Waals surface area contributed by atoms with Crippen molar-refractivity contribution in [2.75, 3.05) is 0 Å². The van der Waals surface area contributed by atoms with Crippen molar-refractivity contribution < 1.29 is 0 Å². The van der Waals surface area contributed by atoms with Crippen molar-refractivity contribution in [2.45, 2.75) is 57.8 Å². The minimum Gasteiger partial charge on any atom is -0.328 e. The fraction of sp³-hybridized carbons (Fsp3) is 0.929. The number of fused-ring (bicyclic) bond motifs is 3. The van der Waals surface area contributed by atoms with Crippen LogP contribution in [0, 0.1) is 30.1 Å². The zero-order chi connectivity index (χ0) is 9.38. The van der Waals surface area contributed by atoms with Crippen LogP contribution in [0.5, 0.6) is 0 Å². The highest BCUT2D eigenvalue weighted by atomic mass is 14.4. The summed E-state index contributed by atoms with van der Waals surface area (Å²) in [5, 5.41) is 0. The molecule has 0 saturated heterocycles. The van der Waals surface area contributed by atoms with Gasteiger partial charge in [0.25, 0.3) is 0 Å². The molecule has 4 atom stereocenters. The van der Waals surface area contributed by atoms with Crippen molar-refractivity contribution in [2.24, 2.45) is 23.7 Å². The molecule has 0 aromatic carbocycles. The van der Waals surface area contributed by atoms with E-state index in [1.54, 1.807) is 25.7 Å². The second kappa shape index (κ2) is 3.87. The summed E-state index contributed by atoms with van der Waals surface area (Å²) in [5.41, 5.74) is 0. The molecule has 3 fully saturated rings. The molecule has 0 heterocycles. The normalized spacial score (nSPS) is 48.0. The Morgan fingerprint density at radius 1 is 0.643 bits per heavy atom. The average Bonchev–Trinajstić information content (AvgIpc) is 2.61. The zero-order valence-corrected chi connectivity index (χ0v) is 9.25. The van der Waals surface area contributed by atoms with Gasteiger partial charge in [-0.1, -0.05) is 56.8 Å². The van der Waals surface area contributed by atoms with Gasteiger partial charge in [0.1, 0.15) is 0 Å².